The average molecular weight is 297 g/mol. The summed E-state index contributed by atoms with van der Waals surface area (Å²) in [5.41, 5.74) is 1.46. The molecule has 4 heteroatoms. The molecule has 0 heterocycles. The predicted octanol–water partition coefficient (Wildman–Crippen LogP) is 4.03. The van der Waals surface area contributed by atoms with E-state index in [1.165, 1.54) is 0 Å². The van der Waals surface area contributed by atoms with E-state index in [4.69, 9.17) is 9.47 Å². The molecule has 0 aromatic heterocycles. The molecule has 0 bridgehead atoms. The van der Waals surface area contributed by atoms with Gasteiger partial charge in [0.15, 0.2) is 0 Å². The quantitative estimate of drug-likeness (QED) is 0.440. The highest BCUT2D eigenvalue weighted by atomic mass is 16.5. The molecule has 4 nitrogen and oxygen atoms in total. The molecule has 0 N–H and O–H groups in total. The van der Waals surface area contributed by atoms with E-state index in [0.29, 0.717) is 17.9 Å². The molecule has 0 fully saturated rings. The van der Waals surface area contributed by atoms with Crippen LogP contribution >= 0.6 is 0 Å². The Labute approximate surface area is 130 Å². The fourth-order valence-corrected chi connectivity index (χ4v) is 1.83. The van der Waals surface area contributed by atoms with Crippen molar-refractivity contribution in [2.45, 2.75) is 12.8 Å². The number of carbonyl (C=O) groups excluding carboxylic acids is 1. The third-order valence-corrected chi connectivity index (χ3v) is 3.03. The highest BCUT2D eigenvalue weighted by Crippen LogP contribution is 2.12. The summed E-state index contributed by atoms with van der Waals surface area (Å²) in [5.74, 6) is 0.399. The Morgan fingerprint density at radius 2 is 1.82 bits per heavy atom. The minimum atomic E-state index is -0.317. The third kappa shape index (κ3) is 5.05. The standard InChI is InChI=1S/C18H19NO3/c1-21-17-11-9-15(10-12-17)18(20)22-14-6-5-13-19-16-7-3-2-4-8-16/h2-4,7-13H,5-6,14H2,1H3. The van der Waals surface area contributed by atoms with Crippen molar-refractivity contribution < 1.29 is 14.3 Å². The second-order valence-corrected chi connectivity index (χ2v) is 4.65. The minimum absolute atomic E-state index is 0.317. The number of methoxy groups -OCH3 is 1. The van der Waals surface area contributed by atoms with E-state index in [9.17, 15) is 4.79 Å². The summed E-state index contributed by atoms with van der Waals surface area (Å²) in [4.78, 5) is 16.1. The summed E-state index contributed by atoms with van der Waals surface area (Å²) in [5, 5.41) is 0. The molecule has 2 aromatic rings. The Balaban J connectivity index is 1.67. The van der Waals surface area contributed by atoms with Crippen molar-refractivity contribution in [2.75, 3.05) is 13.7 Å². The summed E-state index contributed by atoms with van der Waals surface area (Å²) in [7, 11) is 1.59. The Hall–Kier alpha value is -2.62. The zero-order valence-corrected chi connectivity index (χ0v) is 12.6. The van der Waals surface area contributed by atoms with Gasteiger partial charge in [0, 0.05) is 6.21 Å². The van der Waals surface area contributed by atoms with Crippen molar-refractivity contribution in [1.29, 1.82) is 0 Å². The highest BCUT2D eigenvalue weighted by Gasteiger charge is 2.06. The lowest BCUT2D eigenvalue weighted by atomic mass is 10.2. The average Bonchev–Trinajstić information content (AvgIpc) is 2.58. The Kier molecular flexibility index (Phi) is 6.18. The zero-order chi connectivity index (χ0) is 15.6. The lowest BCUT2D eigenvalue weighted by Crippen LogP contribution is -2.06. The van der Waals surface area contributed by atoms with Gasteiger partial charge in [0.05, 0.1) is 25.0 Å². The van der Waals surface area contributed by atoms with E-state index in [0.717, 1.165) is 18.5 Å². The molecule has 0 unspecified atom stereocenters. The second kappa shape index (κ2) is 8.62. The first kappa shape index (κ1) is 15.8. The van der Waals surface area contributed by atoms with Crippen LogP contribution in [0.15, 0.2) is 59.6 Å². The van der Waals surface area contributed by atoms with Gasteiger partial charge in [-0.3, -0.25) is 4.99 Å². The normalized spacial score (nSPS) is 10.6. The van der Waals surface area contributed by atoms with E-state index in [-0.39, 0.29) is 5.97 Å². The van der Waals surface area contributed by atoms with Crippen LogP contribution in [0.25, 0.3) is 0 Å². The van der Waals surface area contributed by atoms with Crippen molar-refractivity contribution in [3.05, 3.63) is 60.2 Å². The Morgan fingerprint density at radius 3 is 2.50 bits per heavy atom. The summed E-state index contributed by atoms with van der Waals surface area (Å²) in [6, 6.07) is 16.6. The van der Waals surface area contributed by atoms with Crippen LogP contribution in [0.2, 0.25) is 0 Å². The number of para-hydroxylation sites is 1. The van der Waals surface area contributed by atoms with Gasteiger partial charge in [0.1, 0.15) is 5.75 Å². The minimum Gasteiger partial charge on any atom is -0.497 e. The van der Waals surface area contributed by atoms with Gasteiger partial charge in [-0.1, -0.05) is 18.2 Å². The van der Waals surface area contributed by atoms with Crippen molar-refractivity contribution in [1.82, 2.24) is 0 Å². The molecule has 0 spiro atoms. The molecule has 0 atom stereocenters. The van der Waals surface area contributed by atoms with E-state index in [1.54, 1.807) is 31.4 Å². The van der Waals surface area contributed by atoms with Crippen molar-refractivity contribution in [2.24, 2.45) is 4.99 Å². The van der Waals surface area contributed by atoms with Gasteiger partial charge >= 0.3 is 5.97 Å². The molecule has 0 aliphatic heterocycles. The number of hydrogen-bond donors (Lipinski definition) is 0. The molecule has 0 saturated carbocycles. The van der Waals surface area contributed by atoms with Gasteiger partial charge < -0.3 is 9.47 Å². The van der Waals surface area contributed by atoms with Gasteiger partial charge in [0.2, 0.25) is 0 Å². The number of esters is 1. The van der Waals surface area contributed by atoms with Crippen LogP contribution in [0.5, 0.6) is 5.75 Å². The number of aliphatic imine (C=N–C) groups is 1. The molecule has 22 heavy (non-hydrogen) atoms. The van der Waals surface area contributed by atoms with Crippen LogP contribution < -0.4 is 4.74 Å². The van der Waals surface area contributed by atoms with Gasteiger partial charge in [-0.25, -0.2) is 4.79 Å². The number of nitrogens with zero attached hydrogens (tertiary/aromatic N) is 1. The molecule has 0 saturated heterocycles. The molecule has 0 amide bonds. The number of rotatable bonds is 7. The second-order valence-electron chi connectivity index (χ2n) is 4.65. The number of unbranched alkanes of at least 4 members (excludes halogenated alkanes) is 1. The van der Waals surface area contributed by atoms with Crippen LogP contribution in [-0.2, 0) is 4.74 Å². The smallest absolute Gasteiger partial charge is 0.338 e. The topological polar surface area (TPSA) is 47.9 Å². The van der Waals surface area contributed by atoms with Crippen molar-refractivity contribution >= 4 is 17.9 Å². The van der Waals surface area contributed by atoms with Crippen LogP contribution in [0.4, 0.5) is 5.69 Å². The first-order chi connectivity index (χ1) is 10.8. The first-order valence-corrected chi connectivity index (χ1v) is 7.18. The third-order valence-electron chi connectivity index (χ3n) is 3.03. The number of ether oxygens (including phenoxy) is 2. The maximum atomic E-state index is 11.8. The molecular weight excluding hydrogens is 278 g/mol. The van der Waals surface area contributed by atoms with E-state index in [2.05, 4.69) is 4.99 Å². The molecule has 0 aliphatic rings. The maximum Gasteiger partial charge on any atom is 0.338 e. The molecular formula is C18H19NO3. The SMILES string of the molecule is COc1ccc(C(=O)OCCCC=Nc2ccccc2)cc1. The number of carbonyl (C=O) groups is 1. The summed E-state index contributed by atoms with van der Waals surface area (Å²) >= 11 is 0. The van der Waals surface area contributed by atoms with Gasteiger partial charge in [0.25, 0.3) is 0 Å². The first-order valence-electron chi connectivity index (χ1n) is 7.18. The van der Waals surface area contributed by atoms with Crippen LogP contribution in [0, 0.1) is 0 Å². The molecule has 0 radical (unpaired) electrons. The Morgan fingerprint density at radius 1 is 1.09 bits per heavy atom. The lowest BCUT2D eigenvalue weighted by Gasteiger charge is -2.04. The number of benzene rings is 2. The molecule has 0 aliphatic carbocycles. The van der Waals surface area contributed by atoms with Crippen molar-refractivity contribution in [3.63, 3.8) is 0 Å². The highest BCUT2D eigenvalue weighted by molar-refractivity contribution is 5.89. The van der Waals surface area contributed by atoms with E-state index in [1.807, 2.05) is 36.5 Å². The molecule has 2 aromatic carbocycles. The molecule has 114 valence electrons. The Bertz CT molecular complexity index is 606. The van der Waals surface area contributed by atoms with E-state index >= 15 is 0 Å². The fraction of sp³-hybridized carbons (Fsp3) is 0.222. The maximum absolute atomic E-state index is 11.8. The van der Waals surface area contributed by atoms with Crippen LogP contribution in [0.1, 0.15) is 23.2 Å². The van der Waals surface area contributed by atoms with Gasteiger partial charge in [-0.15, -0.1) is 0 Å². The van der Waals surface area contributed by atoms with E-state index < -0.39 is 0 Å². The summed E-state index contributed by atoms with van der Waals surface area (Å²) in [6.07, 6.45) is 3.36. The van der Waals surface area contributed by atoms with Gasteiger partial charge in [-0.2, -0.15) is 0 Å². The van der Waals surface area contributed by atoms with Crippen molar-refractivity contribution in [3.8, 4) is 5.75 Å². The van der Waals surface area contributed by atoms with Crippen LogP contribution in [-0.4, -0.2) is 25.9 Å². The molecule has 2 rings (SSSR count). The van der Waals surface area contributed by atoms with Crippen LogP contribution in [0.3, 0.4) is 0 Å². The summed E-state index contributed by atoms with van der Waals surface area (Å²) in [6.45, 7) is 0.381. The van der Waals surface area contributed by atoms with Gasteiger partial charge in [-0.05, 0) is 49.2 Å². The fourth-order valence-electron chi connectivity index (χ4n) is 1.83. The zero-order valence-electron chi connectivity index (χ0n) is 12.6. The largest absolute Gasteiger partial charge is 0.497 e. The number of hydrogen-bond acceptors (Lipinski definition) is 4. The summed E-state index contributed by atoms with van der Waals surface area (Å²) < 4.78 is 10.3. The lowest BCUT2D eigenvalue weighted by molar-refractivity contribution is 0.0502. The predicted molar refractivity (Wildman–Crippen MR) is 87.1 cm³/mol. The monoisotopic (exact) mass is 297 g/mol.